The lowest BCUT2D eigenvalue weighted by atomic mass is 10.3. The summed E-state index contributed by atoms with van der Waals surface area (Å²) < 4.78 is 1.55. The number of hydrogen-bond acceptors (Lipinski definition) is 3. The zero-order valence-electron chi connectivity index (χ0n) is 6.03. The van der Waals surface area contributed by atoms with Gasteiger partial charge in [0.05, 0.1) is 5.56 Å². The molecule has 0 aliphatic rings. The first-order valence-electron chi connectivity index (χ1n) is 2.98. The van der Waals surface area contributed by atoms with Gasteiger partial charge in [0, 0.05) is 13.2 Å². The highest BCUT2D eigenvalue weighted by Crippen LogP contribution is 2.04. The molecule has 1 aromatic heterocycles. The lowest BCUT2D eigenvalue weighted by Gasteiger charge is -1.80. The third-order valence-corrected chi connectivity index (χ3v) is 1.12. The molecule has 11 heavy (non-hydrogen) atoms. The van der Waals surface area contributed by atoms with Gasteiger partial charge in [0.15, 0.2) is 12.1 Å². The van der Waals surface area contributed by atoms with Crippen molar-refractivity contribution < 1.29 is 4.79 Å². The number of nitrogen functional groups attached to an aromatic ring is 1. The maximum absolute atomic E-state index is 9.85. The van der Waals surface area contributed by atoms with Crippen LogP contribution in [0, 0.1) is 11.8 Å². The number of anilines is 1. The smallest absolute Gasteiger partial charge is 0.193 e. The maximum Gasteiger partial charge on any atom is 0.193 e. The van der Waals surface area contributed by atoms with E-state index in [0.29, 0.717) is 17.7 Å². The molecule has 0 bridgehead atoms. The number of hydrogen-bond donors (Lipinski definition) is 1. The fourth-order valence-electron chi connectivity index (χ4n) is 0.709. The number of aryl methyl sites for hydroxylation is 1. The van der Waals surface area contributed by atoms with Crippen LogP contribution < -0.4 is 5.73 Å². The average Bonchev–Trinajstić information content (AvgIpc) is 2.26. The first-order valence-corrected chi connectivity index (χ1v) is 2.98. The molecule has 0 amide bonds. The van der Waals surface area contributed by atoms with Crippen LogP contribution in [-0.4, -0.2) is 16.1 Å². The quantitative estimate of drug-likeness (QED) is 0.401. The fraction of sp³-hybridized carbons (Fsp3) is 0.143. The Morgan fingerprint density at radius 1 is 1.82 bits per heavy atom. The molecule has 56 valence electrons. The molecule has 0 atom stereocenters. The largest absolute Gasteiger partial charge is 0.381 e. The summed E-state index contributed by atoms with van der Waals surface area (Å²) in [7, 11) is 1.74. The highest BCUT2D eigenvalue weighted by atomic mass is 16.1. The van der Waals surface area contributed by atoms with E-state index in [1.165, 1.54) is 0 Å². The normalized spacial score (nSPS) is 8.45. The third-order valence-electron chi connectivity index (χ3n) is 1.12. The van der Waals surface area contributed by atoms with Crippen molar-refractivity contribution in [1.82, 2.24) is 9.78 Å². The van der Waals surface area contributed by atoms with Crippen LogP contribution in [0.15, 0.2) is 6.20 Å². The van der Waals surface area contributed by atoms with Crippen LogP contribution >= 0.6 is 0 Å². The summed E-state index contributed by atoms with van der Waals surface area (Å²) in [5.41, 5.74) is 6.01. The van der Waals surface area contributed by atoms with E-state index in [0.717, 1.165) is 0 Å². The number of carbonyl (C=O) groups excluding carboxylic acids is 1. The second kappa shape index (κ2) is 2.88. The van der Waals surface area contributed by atoms with E-state index in [1.54, 1.807) is 17.9 Å². The molecule has 0 saturated carbocycles. The Kier molecular flexibility index (Phi) is 1.93. The number of rotatable bonds is 0. The Labute approximate surface area is 64.0 Å². The molecule has 1 aromatic rings. The van der Waals surface area contributed by atoms with Gasteiger partial charge in [-0.3, -0.25) is 9.48 Å². The Morgan fingerprint density at radius 2 is 2.55 bits per heavy atom. The predicted octanol–water partition coefficient (Wildman–Crippen LogP) is -0.447. The summed E-state index contributed by atoms with van der Waals surface area (Å²) in [5, 5.41) is 3.84. The zero-order valence-corrected chi connectivity index (χ0v) is 6.03. The highest BCUT2D eigenvalue weighted by molar-refractivity contribution is 5.74. The summed E-state index contributed by atoms with van der Waals surface area (Å²) in [6.07, 6.45) is 2.18. The predicted molar refractivity (Wildman–Crippen MR) is 40.6 cm³/mol. The van der Waals surface area contributed by atoms with E-state index >= 15 is 0 Å². The molecule has 0 aliphatic heterocycles. The van der Waals surface area contributed by atoms with Crippen LogP contribution in [0.2, 0.25) is 0 Å². The van der Waals surface area contributed by atoms with Gasteiger partial charge in [0.2, 0.25) is 0 Å². The topological polar surface area (TPSA) is 60.9 Å². The summed E-state index contributed by atoms with van der Waals surface area (Å²) >= 11 is 0. The van der Waals surface area contributed by atoms with Gasteiger partial charge >= 0.3 is 0 Å². The third kappa shape index (κ3) is 1.58. The van der Waals surface area contributed by atoms with Crippen molar-refractivity contribution in [2.24, 2.45) is 7.05 Å². The molecule has 0 fully saturated rings. The van der Waals surface area contributed by atoms with Crippen molar-refractivity contribution in [3.63, 3.8) is 0 Å². The van der Waals surface area contributed by atoms with Crippen molar-refractivity contribution in [2.75, 3.05) is 5.73 Å². The SMILES string of the molecule is Cn1cc(C#CC=O)c(N)n1. The minimum absolute atomic E-state index is 0.349. The van der Waals surface area contributed by atoms with Gasteiger partial charge in [-0.05, 0) is 5.92 Å². The summed E-state index contributed by atoms with van der Waals surface area (Å²) in [6, 6.07) is 0. The number of nitrogens with two attached hydrogens (primary N) is 1. The molecular formula is C7H7N3O. The van der Waals surface area contributed by atoms with Gasteiger partial charge in [-0.1, -0.05) is 5.92 Å². The Morgan fingerprint density at radius 3 is 3.00 bits per heavy atom. The average molecular weight is 149 g/mol. The van der Waals surface area contributed by atoms with Gasteiger partial charge in [-0.2, -0.15) is 5.10 Å². The number of nitrogens with zero attached hydrogens (tertiary/aromatic N) is 2. The molecule has 1 rings (SSSR count). The summed E-state index contributed by atoms with van der Waals surface area (Å²) in [4.78, 5) is 9.85. The van der Waals surface area contributed by atoms with Crippen LogP contribution in [0.25, 0.3) is 0 Å². The fourth-order valence-corrected chi connectivity index (χ4v) is 0.709. The number of aldehydes is 1. The van der Waals surface area contributed by atoms with Crippen molar-refractivity contribution in [1.29, 1.82) is 0 Å². The van der Waals surface area contributed by atoms with Gasteiger partial charge in [0.25, 0.3) is 0 Å². The second-order valence-corrected chi connectivity index (χ2v) is 1.99. The van der Waals surface area contributed by atoms with Crippen molar-refractivity contribution >= 4 is 12.1 Å². The second-order valence-electron chi connectivity index (χ2n) is 1.99. The molecule has 0 radical (unpaired) electrons. The summed E-state index contributed by atoms with van der Waals surface area (Å²) in [5.74, 6) is 5.16. The summed E-state index contributed by atoms with van der Waals surface area (Å²) in [6.45, 7) is 0. The van der Waals surface area contributed by atoms with Crippen LogP contribution in [0.1, 0.15) is 5.56 Å². The molecule has 0 unspecified atom stereocenters. The lowest BCUT2D eigenvalue weighted by Crippen LogP contribution is -1.90. The minimum Gasteiger partial charge on any atom is -0.381 e. The van der Waals surface area contributed by atoms with Crippen LogP contribution in [0.4, 0.5) is 5.82 Å². The molecule has 0 spiro atoms. The molecule has 4 nitrogen and oxygen atoms in total. The van der Waals surface area contributed by atoms with E-state index in [2.05, 4.69) is 16.9 Å². The highest BCUT2D eigenvalue weighted by Gasteiger charge is 1.97. The zero-order chi connectivity index (χ0) is 8.27. The molecule has 0 aliphatic carbocycles. The minimum atomic E-state index is 0.349. The molecule has 2 N–H and O–H groups in total. The van der Waals surface area contributed by atoms with E-state index in [9.17, 15) is 4.79 Å². The molecule has 1 heterocycles. The van der Waals surface area contributed by atoms with Crippen LogP contribution in [-0.2, 0) is 11.8 Å². The van der Waals surface area contributed by atoms with Gasteiger partial charge < -0.3 is 5.73 Å². The van der Waals surface area contributed by atoms with Gasteiger partial charge in [-0.15, -0.1) is 0 Å². The number of aromatic nitrogens is 2. The number of carbonyl (C=O) groups is 1. The Bertz CT molecular complexity index is 329. The van der Waals surface area contributed by atoms with Gasteiger partial charge in [0.1, 0.15) is 0 Å². The van der Waals surface area contributed by atoms with Crippen molar-refractivity contribution in [2.45, 2.75) is 0 Å². The molecular weight excluding hydrogens is 142 g/mol. The van der Waals surface area contributed by atoms with Crippen LogP contribution in [0.5, 0.6) is 0 Å². The molecule has 4 heteroatoms. The van der Waals surface area contributed by atoms with E-state index < -0.39 is 0 Å². The van der Waals surface area contributed by atoms with Crippen molar-refractivity contribution in [3.05, 3.63) is 11.8 Å². The van der Waals surface area contributed by atoms with Gasteiger partial charge in [-0.25, -0.2) is 0 Å². The van der Waals surface area contributed by atoms with E-state index in [4.69, 9.17) is 5.73 Å². The van der Waals surface area contributed by atoms with E-state index in [-0.39, 0.29) is 0 Å². The monoisotopic (exact) mass is 149 g/mol. The Hall–Kier alpha value is -1.76. The first kappa shape index (κ1) is 7.35. The lowest BCUT2D eigenvalue weighted by molar-refractivity contribution is -0.103. The Balaban J connectivity index is 3.03. The first-order chi connectivity index (χ1) is 5.24. The van der Waals surface area contributed by atoms with Crippen LogP contribution in [0.3, 0.4) is 0 Å². The molecule has 0 saturated heterocycles. The maximum atomic E-state index is 9.85. The van der Waals surface area contributed by atoms with Crippen molar-refractivity contribution in [3.8, 4) is 11.8 Å². The van der Waals surface area contributed by atoms with E-state index in [1.807, 2.05) is 0 Å². The molecule has 0 aromatic carbocycles. The standard InChI is InChI=1S/C7H7N3O/c1-10-5-6(3-2-4-11)7(8)9-10/h4-5H,1H3,(H2,8,9).